The van der Waals surface area contributed by atoms with E-state index in [1.165, 1.54) is 57.8 Å². The van der Waals surface area contributed by atoms with Crippen molar-refractivity contribution in [3.63, 3.8) is 0 Å². The lowest BCUT2D eigenvalue weighted by Crippen LogP contribution is -2.65. The number of unbranched alkanes of at least 4 members (excludes halogenated alkanes) is 15. The molecule has 64 heavy (non-hydrogen) atoms. The van der Waals surface area contributed by atoms with Gasteiger partial charge in [-0.15, -0.1) is 0 Å². The molecule has 2 rings (SSSR count). The Bertz CT molecular complexity index is 1310. The molecule has 2 saturated heterocycles. The van der Waals surface area contributed by atoms with Gasteiger partial charge in [-0.2, -0.15) is 0 Å². The van der Waals surface area contributed by atoms with E-state index in [9.17, 15) is 45.6 Å². The van der Waals surface area contributed by atoms with Crippen molar-refractivity contribution in [2.45, 2.75) is 229 Å². The maximum atomic E-state index is 13.1. The molecular weight excluding hydrogens is 823 g/mol. The van der Waals surface area contributed by atoms with Crippen LogP contribution in [0, 0.1) is 0 Å². The van der Waals surface area contributed by atoms with Crippen molar-refractivity contribution in [1.29, 1.82) is 0 Å². The van der Waals surface area contributed by atoms with Crippen LogP contribution < -0.4 is 5.32 Å². The van der Waals surface area contributed by atoms with E-state index in [1.807, 2.05) is 6.08 Å². The first-order chi connectivity index (χ1) is 31.1. The van der Waals surface area contributed by atoms with Gasteiger partial charge in [0.05, 0.1) is 32.0 Å². The molecule has 370 valence electrons. The largest absolute Gasteiger partial charge is 0.394 e. The Hall–Kier alpha value is -2.31. The van der Waals surface area contributed by atoms with Crippen LogP contribution in [0.3, 0.4) is 0 Å². The first-order valence-corrected chi connectivity index (χ1v) is 24.5. The molecular formula is C50H87NO13. The van der Waals surface area contributed by atoms with Crippen LogP contribution in [0.1, 0.15) is 155 Å². The molecule has 0 spiro atoms. The Kier molecular flexibility index (Phi) is 33.2. The third kappa shape index (κ3) is 23.9. The molecule has 2 aliphatic heterocycles. The van der Waals surface area contributed by atoms with Crippen molar-refractivity contribution in [2.75, 3.05) is 19.8 Å². The van der Waals surface area contributed by atoms with Crippen LogP contribution in [0.5, 0.6) is 0 Å². The summed E-state index contributed by atoms with van der Waals surface area (Å²) in [5.41, 5.74) is 0. The molecule has 2 fully saturated rings. The maximum Gasteiger partial charge on any atom is 0.220 e. The Morgan fingerprint density at radius 3 is 1.67 bits per heavy atom. The molecule has 2 aliphatic rings. The zero-order valence-corrected chi connectivity index (χ0v) is 39.0. The molecule has 0 aliphatic carbocycles. The normalized spacial score (nSPS) is 27.8. The van der Waals surface area contributed by atoms with Crippen LogP contribution in [-0.2, 0) is 23.7 Å². The van der Waals surface area contributed by atoms with E-state index in [-0.39, 0.29) is 18.9 Å². The number of carbonyl (C=O) groups is 1. The van der Waals surface area contributed by atoms with Crippen LogP contribution in [0.25, 0.3) is 0 Å². The van der Waals surface area contributed by atoms with Gasteiger partial charge in [0.1, 0.15) is 48.8 Å². The topological polar surface area (TPSA) is 228 Å². The Labute approximate surface area is 384 Å². The van der Waals surface area contributed by atoms with Gasteiger partial charge in [0.15, 0.2) is 12.6 Å². The summed E-state index contributed by atoms with van der Waals surface area (Å²) in [6, 6.07) is -0.938. The molecule has 0 radical (unpaired) electrons. The maximum absolute atomic E-state index is 13.1. The average molecular weight is 910 g/mol. The molecule has 14 heteroatoms. The number of nitrogens with one attached hydrogen (secondary N) is 1. The van der Waals surface area contributed by atoms with E-state index >= 15 is 0 Å². The summed E-state index contributed by atoms with van der Waals surface area (Å²) in [5.74, 6) is -0.267. The third-order valence-corrected chi connectivity index (χ3v) is 11.7. The van der Waals surface area contributed by atoms with Gasteiger partial charge in [0, 0.05) is 6.42 Å². The fourth-order valence-corrected chi connectivity index (χ4v) is 7.60. The molecule has 12 unspecified atom stereocenters. The van der Waals surface area contributed by atoms with Crippen LogP contribution >= 0.6 is 0 Å². The summed E-state index contributed by atoms with van der Waals surface area (Å²) in [5, 5.41) is 86.5. The average Bonchev–Trinajstić information content (AvgIpc) is 3.29. The molecule has 0 bridgehead atoms. The van der Waals surface area contributed by atoms with Gasteiger partial charge in [-0.05, 0) is 70.6 Å². The van der Waals surface area contributed by atoms with Crippen LogP contribution in [-0.4, -0.2) is 140 Å². The second-order valence-corrected chi connectivity index (χ2v) is 17.2. The molecule has 0 aromatic heterocycles. The summed E-state index contributed by atoms with van der Waals surface area (Å²) in [7, 11) is 0. The predicted molar refractivity (Wildman–Crippen MR) is 249 cm³/mol. The van der Waals surface area contributed by atoms with Crippen molar-refractivity contribution in [1.82, 2.24) is 5.32 Å². The lowest BCUT2D eigenvalue weighted by atomic mass is 9.97. The molecule has 0 aromatic rings. The van der Waals surface area contributed by atoms with Gasteiger partial charge in [-0.1, -0.05) is 139 Å². The van der Waals surface area contributed by atoms with Gasteiger partial charge in [-0.25, -0.2) is 0 Å². The van der Waals surface area contributed by atoms with Crippen molar-refractivity contribution < 1.29 is 64.6 Å². The number of hydrogen-bond acceptors (Lipinski definition) is 13. The van der Waals surface area contributed by atoms with Crippen molar-refractivity contribution in [3.8, 4) is 0 Å². The lowest BCUT2D eigenvalue weighted by molar-refractivity contribution is -0.359. The van der Waals surface area contributed by atoms with Gasteiger partial charge in [0.2, 0.25) is 5.91 Å². The minimum atomic E-state index is -1.79. The highest BCUT2D eigenvalue weighted by Crippen LogP contribution is 2.30. The first kappa shape index (κ1) is 57.8. The van der Waals surface area contributed by atoms with Crippen LogP contribution in [0.4, 0.5) is 0 Å². The minimum Gasteiger partial charge on any atom is -0.394 e. The predicted octanol–water partition coefficient (Wildman–Crippen LogP) is 5.88. The SMILES string of the molecule is CCCCC/C=C\C/C=C\C/C=C\CCCCCCCCC(=O)NC(COC1OC(CO)C(OC2OC(CO)C(O)C(O)C2O)C(O)C1O)C(O)/C=C/CC/C=C/CCCCCCC. The zero-order valence-electron chi connectivity index (χ0n) is 39.0. The third-order valence-electron chi connectivity index (χ3n) is 11.7. The summed E-state index contributed by atoms with van der Waals surface area (Å²) >= 11 is 0. The van der Waals surface area contributed by atoms with Crippen LogP contribution in [0.15, 0.2) is 60.8 Å². The first-order valence-electron chi connectivity index (χ1n) is 24.5. The van der Waals surface area contributed by atoms with Gasteiger partial charge in [0.25, 0.3) is 0 Å². The lowest BCUT2D eigenvalue weighted by Gasteiger charge is -2.46. The van der Waals surface area contributed by atoms with Gasteiger partial charge >= 0.3 is 0 Å². The second-order valence-electron chi connectivity index (χ2n) is 17.2. The van der Waals surface area contributed by atoms with Gasteiger partial charge < -0.3 is 65.1 Å². The van der Waals surface area contributed by atoms with E-state index in [1.54, 1.807) is 6.08 Å². The zero-order chi connectivity index (χ0) is 46.8. The van der Waals surface area contributed by atoms with Crippen molar-refractivity contribution in [2.24, 2.45) is 0 Å². The Morgan fingerprint density at radius 1 is 0.562 bits per heavy atom. The highest BCUT2D eigenvalue weighted by molar-refractivity contribution is 5.76. The molecule has 14 nitrogen and oxygen atoms in total. The highest BCUT2D eigenvalue weighted by atomic mass is 16.7. The Morgan fingerprint density at radius 2 is 1.05 bits per heavy atom. The number of hydrogen-bond donors (Lipinski definition) is 9. The quantitative estimate of drug-likeness (QED) is 0.0265. The van der Waals surface area contributed by atoms with E-state index in [4.69, 9.17) is 18.9 Å². The van der Waals surface area contributed by atoms with Crippen molar-refractivity contribution in [3.05, 3.63) is 60.8 Å². The van der Waals surface area contributed by atoms with E-state index in [0.717, 1.165) is 64.2 Å². The second kappa shape index (κ2) is 36.8. The summed E-state index contributed by atoms with van der Waals surface area (Å²) in [6.07, 6.45) is 26.9. The highest BCUT2D eigenvalue weighted by Gasteiger charge is 2.51. The number of amides is 1. The smallest absolute Gasteiger partial charge is 0.220 e. The summed E-state index contributed by atoms with van der Waals surface area (Å²) in [6.45, 7) is 2.67. The van der Waals surface area contributed by atoms with E-state index in [2.05, 4.69) is 67.8 Å². The minimum absolute atomic E-state index is 0.256. The number of rotatable bonds is 36. The Balaban J connectivity index is 1.86. The van der Waals surface area contributed by atoms with Crippen LogP contribution in [0.2, 0.25) is 0 Å². The monoisotopic (exact) mass is 910 g/mol. The fraction of sp³-hybridized carbons (Fsp3) is 0.780. The van der Waals surface area contributed by atoms with Gasteiger partial charge in [-0.3, -0.25) is 4.79 Å². The fourth-order valence-electron chi connectivity index (χ4n) is 7.60. The summed E-state index contributed by atoms with van der Waals surface area (Å²) in [4.78, 5) is 13.1. The number of aliphatic hydroxyl groups is 8. The molecule has 2 heterocycles. The van der Waals surface area contributed by atoms with E-state index in [0.29, 0.717) is 12.8 Å². The number of allylic oxidation sites excluding steroid dienone is 9. The standard InChI is InChI=1S/C50H87NO13/c1-3-5-7-9-11-13-15-16-17-18-19-20-21-22-24-26-28-30-32-34-42(55)51-38(39(54)33-31-29-27-25-23-14-12-10-8-6-4-2)37-61-49-47(60)45(58)48(41(36-53)63-49)64-50-46(59)44(57)43(56)40(35-52)62-50/h11,13,16-17,19-20,23,25,31,33,38-41,43-50,52-54,56-60H,3-10,12,14-15,18,21-22,24,26-30,32,34-37H2,1-2H3,(H,51,55)/b13-11-,17-16-,20-19-,25-23+,33-31+. The molecule has 9 N–H and O–H groups in total. The van der Waals surface area contributed by atoms with E-state index < -0.39 is 86.8 Å². The molecule has 0 saturated carbocycles. The van der Waals surface area contributed by atoms with Crippen molar-refractivity contribution >= 4 is 5.91 Å². The molecule has 1 amide bonds. The number of carbonyl (C=O) groups excluding carboxylic acids is 1. The summed E-state index contributed by atoms with van der Waals surface area (Å²) < 4.78 is 22.6. The number of ether oxygens (including phenoxy) is 4. The molecule has 0 aromatic carbocycles. The number of aliphatic hydroxyl groups excluding tert-OH is 8. The molecule has 12 atom stereocenters.